The Morgan fingerprint density at radius 1 is 1.30 bits per heavy atom. The van der Waals surface area contributed by atoms with Crippen LogP contribution in [-0.4, -0.2) is 18.0 Å². The molecule has 0 unspecified atom stereocenters. The number of hydrazine groups is 1. The maximum atomic E-state index is 12.0. The van der Waals surface area contributed by atoms with Gasteiger partial charge in [0.1, 0.15) is 11.4 Å². The van der Waals surface area contributed by atoms with Crippen LogP contribution in [0, 0.1) is 0 Å². The number of amides is 1. The third-order valence-electron chi connectivity index (χ3n) is 2.57. The van der Waals surface area contributed by atoms with Gasteiger partial charge in [-0.2, -0.15) is 0 Å². The molecule has 0 aliphatic rings. The first kappa shape index (κ1) is 14.1. The third-order valence-corrected chi connectivity index (χ3v) is 2.87. The molecule has 0 spiro atoms. The Hall–Kier alpha value is -2.31. The first-order valence-electron chi connectivity index (χ1n) is 5.71. The first-order chi connectivity index (χ1) is 9.63. The van der Waals surface area contributed by atoms with Crippen LogP contribution in [0.2, 0.25) is 5.02 Å². The van der Waals surface area contributed by atoms with Crippen molar-refractivity contribution in [1.29, 1.82) is 0 Å². The summed E-state index contributed by atoms with van der Waals surface area (Å²) in [5, 5.41) is 3.11. The SMILES string of the molecule is COc1ccc(NC(=O)c2ccc(NN)cn2)cc1Cl. The van der Waals surface area contributed by atoms with Gasteiger partial charge in [0.05, 0.1) is 24.0 Å². The number of carbonyl (C=O) groups is 1. The lowest BCUT2D eigenvalue weighted by Gasteiger charge is -2.08. The van der Waals surface area contributed by atoms with Crippen molar-refractivity contribution in [3.63, 3.8) is 0 Å². The Morgan fingerprint density at radius 3 is 2.60 bits per heavy atom. The maximum absolute atomic E-state index is 12.0. The molecule has 0 saturated heterocycles. The summed E-state index contributed by atoms with van der Waals surface area (Å²) in [4.78, 5) is 16.0. The molecule has 2 rings (SSSR count). The molecule has 1 amide bonds. The minimum Gasteiger partial charge on any atom is -0.495 e. The van der Waals surface area contributed by atoms with Crippen LogP contribution < -0.4 is 21.3 Å². The number of nitrogen functional groups attached to an aromatic ring is 1. The second-order valence-corrected chi connectivity index (χ2v) is 4.29. The second kappa shape index (κ2) is 6.23. The summed E-state index contributed by atoms with van der Waals surface area (Å²) in [6.45, 7) is 0. The molecule has 4 N–H and O–H groups in total. The molecular formula is C13H13ClN4O2. The van der Waals surface area contributed by atoms with Gasteiger partial charge >= 0.3 is 0 Å². The van der Waals surface area contributed by atoms with Crippen LogP contribution in [0.1, 0.15) is 10.5 Å². The zero-order valence-corrected chi connectivity index (χ0v) is 11.4. The van der Waals surface area contributed by atoms with Crippen molar-refractivity contribution in [3.05, 3.63) is 47.2 Å². The molecule has 104 valence electrons. The van der Waals surface area contributed by atoms with Gasteiger partial charge in [0, 0.05) is 5.69 Å². The lowest BCUT2D eigenvalue weighted by molar-refractivity contribution is 0.102. The highest BCUT2D eigenvalue weighted by atomic mass is 35.5. The average molecular weight is 293 g/mol. The predicted octanol–water partition coefficient (Wildman–Crippen LogP) is 2.28. The monoisotopic (exact) mass is 292 g/mol. The quantitative estimate of drug-likeness (QED) is 0.594. The van der Waals surface area contributed by atoms with Crippen molar-refractivity contribution in [1.82, 2.24) is 4.98 Å². The summed E-state index contributed by atoms with van der Waals surface area (Å²) < 4.78 is 5.04. The zero-order valence-electron chi connectivity index (χ0n) is 10.7. The highest BCUT2D eigenvalue weighted by molar-refractivity contribution is 6.32. The Kier molecular flexibility index (Phi) is 4.39. The van der Waals surface area contributed by atoms with Crippen molar-refractivity contribution < 1.29 is 9.53 Å². The fourth-order valence-corrected chi connectivity index (χ4v) is 1.81. The van der Waals surface area contributed by atoms with E-state index >= 15 is 0 Å². The molecule has 1 heterocycles. The number of nitrogens with zero attached hydrogens (tertiary/aromatic N) is 1. The summed E-state index contributed by atoms with van der Waals surface area (Å²) in [6.07, 6.45) is 1.47. The van der Waals surface area contributed by atoms with Gasteiger partial charge in [0.25, 0.3) is 5.91 Å². The lowest BCUT2D eigenvalue weighted by atomic mass is 10.2. The number of hydrogen-bond donors (Lipinski definition) is 3. The highest BCUT2D eigenvalue weighted by Gasteiger charge is 2.09. The van der Waals surface area contributed by atoms with E-state index in [9.17, 15) is 4.79 Å². The number of methoxy groups -OCH3 is 1. The van der Waals surface area contributed by atoms with Crippen LogP contribution in [0.3, 0.4) is 0 Å². The van der Waals surface area contributed by atoms with Crippen molar-refractivity contribution >= 4 is 28.9 Å². The zero-order chi connectivity index (χ0) is 14.5. The van der Waals surface area contributed by atoms with Crippen molar-refractivity contribution in [3.8, 4) is 5.75 Å². The number of halogens is 1. The lowest BCUT2D eigenvalue weighted by Crippen LogP contribution is -2.14. The van der Waals surface area contributed by atoms with Crippen LogP contribution in [0.15, 0.2) is 36.5 Å². The molecule has 7 heteroatoms. The van der Waals surface area contributed by atoms with Crippen molar-refractivity contribution in [2.75, 3.05) is 17.9 Å². The summed E-state index contributed by atoms with van der Waals surface area (Å²) in [5.74, 6) is 5.43. The van der Waals surface area contributed by atoms with E-state index in [0.29, 0.717) is 22.1 Å². The fourth-order valence-electron chi connectivity index (χ4n) is 1.55. The molecule has 6 nitrogen and oxygen atoms in total. The summed E-state index contributed by atoms with van der Waals surface area (Å²) in [7, 11) is 1.52. The number of rotatable bonds is 4. The van der Waals surface area contributed by atoms with E-state index in [1.165, 1.54) is 13.3 Å². The molecule has 20 heavy (non-hydrogen) atoms. The van der Waals surface area contributed by atoms with E-state index in [1.807, 2.05) is 0 Å². The molecule has 0 radical (unpaired) electrons. The Morgan fingerprint density at radius 2 is 2.05 bits per heavy atom. The van der Waals surface area contributed by atoms with Gasteiger partial charge in [-0.3, -0.25) is 10.6 Å². The van der Waals surface area contributed by atoms with E-state index in [4.69, 9.17) is 22.2 Å². The minimum absolute atomic E-state index is 0.274. The standard InChI is InChI=1S/C13H13ClN4O2/c1-20-12-5-3-8(6-10(12)14)17-13(19)11-4-2-9(18-15)7-16-11/h2-7,18H,15H2,1H3,(H,17,19). The average Bonchev–Trinajstić information content (AvgIpc) is 2.47. The van der Waals surface area contributed by atoms with E-state index in [-0.39, 0.29) is 11.6 Å². The number of carbonyl (C=O) groups excluding carboxylic acids is 1. The molecular weight excluding hydrogens is 280 g/mol. The highest BCUT2D eigenvalue weighted by Crippen LogP contribution is 2.27. The Balaban J connectivity index is 2.12. The van der Waals surface area contributed by atoms with Crippen molar-refractivity contribution in [2.45, 2.75) is 0 Å². The number of nitrogens with one attached hydrogen (secondary N) is 2. The molecule has 0 atom stereocenters. The minimum atomic E-state index is -0.338. The van der Waals surface area contributed by atoms with Crippen LogP contribution in [0.5, 0.6) is 5.75 Å². The van der Waals surface area contributed by atoms with E-state index < -0.39 is 0 Å². The molecule has 0 saturated carbocycles. The van der Waals surface area contributed by atoms with Gasteiger partial charge in [0.15, 0.2) is 0 Å². The number of nitrogens with two attached hydrogens (primary N) is 1. The fraction of sp³-hybridized carbons (Fsp3) is 0.0769. The van der Waals surface area contributed by atoms with Crippen LogP contribution in [0.25, 0.3) is 0 Å². The van der Waals surface area contributed by atoms with Gasteiger partial charge in [-0.15, -0.1) is 0 Å². The Bertz CT molecular complexity index is 616. The number of hydrogen-bond acceptors (Lipinski definition) is 5. The van der Waals surface area contributed by atoms with Crippen LogP contribution in [-0.2, 0) is 0 Å². The van der Waals surface area contributed by atoms with Gasteiger partial charge in [-0.25, -0.2) is 4.98 Å². The largest absolute Gasteiger partial charge is 0.495 e. The summed E-state index contributed by atoms with van der Waals surface area (Å²) in [5.41, 5.74) is 3.89. The van der Waals surface area contributed by atoms with E-state index in [2.05, 4.69) is 15.7 Å². The maximum Gasteiger partial charge on any atom is 0.274 e. The summed E-state index contributed by atoms with van der Waals surface area (Å²) in [6, 6.07) is 8.19. The Labute approximate surface area is 120 Å². The van der Waals surface area contributed by atoms with Gasteiger partial charge in [0.2, 0.25) is 0 Å². The number of benzene rings is 1. The molecule has 0 bridgehead atoms. The van der Waals surface area contributed by atoms with Crippen LogP contribution in [0.4, 0.5) is 11.4 Å². The second-order valence-electron chi connectivity index (χ2n) is 3.88. The van der Waals surface area contributed by atoms with E-state index in [1.54, 1.807) is 30.3 Å². The third kappa shape index (κ3) is 3.17. The topological polar surface area (TPSA) is 89.3 Å². The van der Waals surface area contributed by atoms with Gasteiger partial charge in [-0.1, -0.05) is 11.6 Å². The molecule has 0 aliphatic heterocycles. The smallest absolute Gasteiger partial charge is 0.274 e. The molecule has 1 aromatic carbocycles. The van der Waals surface area contributed by atoms with Gasteiger partial charge in [-0.05, 0) is 30.3 Å². The first-order valence-corrected chi connectivity index (χ1v) is 6.09. The molecule has 0 fully saturated rings. The van der Waals surface area contributed by atoms with Crippen molar-refractivity contribution in [2.24, 2.45) is 5.84 Å². The summed E-state index contributed by atoms with van der Waals surface area (Å²) >= 11 is 5.98. The number of pyridine rings is 1. The van der Waals surface area contributed by atoms with Crippen LogP contribution >= 0.6 is 11.6 Å². The number of anilines is 2. The molecule has 2 aromatic rings. The molecule has 0 aliphatic carbocycles. The number of aromatic nitrogens is 1. The normalized spacial score (nSPS) is 9.95. The van der Waals surface area contributed by atoms with E-state index in [0.717, 1.165) is 0 Å². The molecule has 1 aromatic heterocycles. The number of ether oxygens (including phenoxy) is 1. The predicted molar refractivity (Wildman–Crippen MR) is 78.0 cm³/mol. The van der Waals surface area contributed by atoms with Gasteiger partial charge < -0.3 is 15.5 Å².